The smallest absolute Gasteiger partial charge is 0.335 e. The lowest BCUT2D eigenvalue weighted by Crippen LogP contribution is -2.54. The molecule has 2 aromatic rings. The second-order valence-electron chi connectivity index (χ2n) is 5.96. The van der Waals surface area contributed by atoms with Crippen LogP contribution < -0.4 is 10.2 Å². The average Bonchev–Trinajstić information content (AvgIpc) is 2.57. The van der Waals surface area contributed by atoms with Crippen LogP contribution in [0.4, 0.5) is 10.5 Å². The number of phenolic OH excluding ortho intramolecular Hbond substituents is 1. The molecule has 6 nitrogen and oxygen atoms in total. The molecule has 4 amide bonds. The van der Waals surface area contributed by atoms with Crippen LogP contribution in [0, 0.1) is 13.8 Å². The molecule has 0 aliphatic carbocycles. The topological polar surface area (TPSA) is 86.7 Å². The number of hydrogen-bond donors (Lipinski definition) is 2. The number of amides is 4. The zero-order valence-electron chi connectivity index (χ0n) is 14.0. The molecule has 0 atom stereocenters. The molecule has 1 heterocycles. The minimum atomic E-state index is -0.797. The Balaban J connectivity index is 2.07. The summed E-state index contributed by atoms with van der Waals surface area (Å²) in [6.07, 6.45) is 1.33. The molecule has 1 fully saturated rings. The maximum atomic E-state index is 12.9. The summed E-state index contributed by atoms with van der Waals surface area (Å²) in [6, 6.07) is 8.85. The maximum absolute atomic E-state index is 12.9. The van der Waals surface area contributed by atoms with E-state index < -0.39 is 17.8 Å². The van der Waals surface area contributed by atoms with Gasteiger partial charge in [-0.05, 0) is 54.8 Å². The van der Waals surface area contributed by atoms with Crippen molar-refractivity contribution in [3.05, 3.63) is 63.7 Å². The number of hydrogen-bond acceptors (Lipinski definition) is 4. The van der Waals surface area contributed by atoms with E-state index in [1.165, 1.54) is 24.3 Å². The Labute approximate surface area is 154 Å². The summed E-state index contributed by atoms with van der Waals surface area (Å²) >= 11 is 5.86. The van der Waals surface area contributed by atoms with Crippen molar-refractivity contribution in [1.82, 2.24) is 5.32 Å². The Morgan fingerprint density at radius 3 is 2.50 bits per heavy atom. The number of phenols is 1. The van der Waals surface area contributed by atoms with E-state index >= 15 is 0 Å². The second-order valence-corrected chi connectivity index (χ2v) is 6.37. The lowest BCUT2D eigenvalue weighted by molar-refractivity contribution is -0.122. The van der Waals surface area contributed by atoms with E-state index in [4.69, 9.17) is 11.6 Å². The number of carbonyl (C=O) groups excluding carboxylic acids is 3. The normalized spacial score (nSPS) is 16.2. The molecular weight excluding hydrogens is 356 g/mol. The first-order valence-electron chi connectivity index (χ1n) is 7.75. The van der Waals surface area contributed by atoms with Crippen molar-refractivity contribution in [1.29, 1.82) is 0 Å². The van der Waals surface area contributed by atoms with E-state index in [-0.39, 0.29) is 16.3 Å². The van der Waals surface area contributed by atoms with E-state index in [0.29, 0.717) is 11.3 Å². The molecule has 1 aliphatic rings. The zero-order chi connectivity index (χ0) is 19.0. The molecule has 1 aliphatic heterocycles. The molecule has 0 spiro atoms. The Morgan fingerprint density at radius 2 is 1.81 bits per heavy atom. The quantitative estimate of drug-likeness (QED) is 0.627. The SMILES string of the molecule is Cc1ccc(C)c(N2C(=O)NC(=O)/C(=C/c3ccc(O)c(Cl)c3)C2=O)c1. The summed E-state index contributed by atoms with van der Waals surface area (Å²) < 4.78 is 0. The number of rotatable bonds is 2. The Kier molecular flexibility index (Phi) is 4.52. The van der Waals surface area contributed by atoms with Crippen molar-refractivity contribution >= 4 is 41.2 Å². The van der Waals surface area contributed by atoms with Crippen LogP contribution in [0.25, 0.3) is 6.08 Å². The number of halogens is 1. The minimum Gasteiger partial charge on any atom is -0.506 e. The molecule has 2 N–H and O–H groups in total. The number of imide groups is 2. The number of carbonyl (C=O) groups is 3. The number of anilines is 1. The lowest BCUT2D eigenvalue weighted by Gasteiger charge is -2.27. The molecule has 26 heavy (non-hydrogen) atoms. The maximum Gasteiger partial charge on any atom is 0.335 e. The second kappa shape index (κ2) is 6.65. The molecule has 7 heteroatoms. The van der Waals surface area contributed by atoms with Crippen LogP contribution in [0.1, 0.15) is 16.7 Å². The third-order valence-corrected chi connectivity index (χ3v) is 4.29. The highest BCUT2D eigenvalue weighted by atomic mass is 35.5. The lowest BCUT2D eigenvalue weighted by atomic mass is 10.0. The number of urea groups is 1. The number of benzene rings is 2. The van der Waals surface area contributed by atoms with Crippen LogP contribution in [0.3, 0.4) is 0 Å². The highest BCUT2D eigenvalue weighted by Gasteiger charge is 2.37. The summed E-state index contributed by atoms with van der Waals surface area (Å²) in [6.45, 7) is 3.62. The van der Waals surface area contributed by atoms with Gasteiger partial charge >= 0.3 is 6.03 Å². The van der Waals surface area contributed by atoms with Gasteiger partial charge in [0.15, 0.2) is 0 Å². The standard InChI is InChI=1S/C19H15ClN2O4/c1-10-3-4-11(2)15(7-10)22-18(25)13(17(24)21-19(22)26)8-12-5-6-16(23)14(20)9-12/h3-9,23H,1-2H3,(H,21,24,26)/b13-8-. The fourth-order valence-electron chi connectivity index (χ4n) is 2.62. The van der Waals surface area contributed by atoms with Gasteiger partial charge in [0.1, 0.15) is 11.3 Å². The summed E-state index contributed by atoms with van der Waals surface area (Å²) in [5.41, 5.74) is 2.25. The molecule has 132 valence electrons. The molecule has 1 saturated heterocycles. The van der Waals surface area contributed by atoms with Gasteiger partial charge in [0.25, 0.3) is 11.8 Å². The van der Waals surface area contributed by atoms with Crippen molar-refractivity contribution in [3.8, 4) is 5.75 Å². The predicted octanol–water partition coefficient (Wildman–Crippen LogP) is 3.33. The number of nitrogens with one attached hydrogen (secondary N) is 1. The fourth-order valence-corrected chi connectivity index (χ4v) is 2.81. The molecule has 0 unspecified atom stereocenters. The number of aryl methyl sites for hydroxylation is 2. The fraction of sp³-hybridized carbons (Fsp3) is 0.105. The Morgan fingerprint density at radius 1 is 1.08 bits per heavy atom. The Bertz CT molecular complexity index is 981. The van der Waals surface area contributed by atoms with E-state index in [1.54, 1.807) is 19.1 Å². The monoisotopic (exact) mass is 370 g/mol. The molecule has 0 radical (unpaired) electrons. The van der Waals surface area contributed by atoms with Crippen LogP contribution in [0.2, 0.25) is 5.02 Å². The van der Waals surface area contributed by atoms with E-state index in [9.17, 15) is 19.5 Å². The van der Waals surface area contributed by atoms with Crippen LogP contribution >= 0.6 is 11.6 Å². The first-order valence-corrected chi connectivity index (χ1v) is 8.13. The van der Waals surface area contributed by atoms with Crippen LogP contribution in [0.15, 0.2) is 42.0 Å². The van der Waals surface area contributed by atoms with Gasteiger partial charge in [-0.2, -0.15) is 0 Å². The van der Waals surface area contributed by atoms with Crippen molar-refractivity contribution < 1.29 is 19.5 Å². The van der Waals surface area contributed by atoms with Gasteiger partial charge in [-0.1, -0.05) is 29.8 Å². The minimum absolute atomic E-state index is 0.0884. The highest BCUT2D eigenvalue weighted by molar-refractivity contribution is 6.39. The highest BCUT2D eigenvalue weighted by Crippen LogP contribution is 2.28. The van der Waals surface area contributed by atoms with Crippen LogP contribution in [0.5, 0.6) is 5.75 Å². The van der Waals surface area contributed by atoms with Gasteiger partial charge in [0.2, 0.25) is 0 Å². The molecule has 2 aromatic carbocycles. The summed E-state index contributed by atoms with van der Waals surface area (Å²) in [5, 5.41) is 11.8. The summed E-state index contributed by atoms with van der Waals surface area (Å²) in [5.74, 6) is -1.62. The van der Waals surface area contributed by atoms with Crippen molar-refractivity contribution in [2.24, 2.45) is 0 Å². The van der Waals surface area contributed by atoms with Gasteiger partial charge in [-0.25, -0.2) is 9.69 Å². The molecule has 0 saturated carbocycles. The number of aromatic hydroxyl groups is 1. The van der Waals surface area contributed by atoms with Crippen molar-refractivity contribution in [2.75, 3.05) is 4.90 Å². The van der Waals surface area contributed by atoms with Gasteiger partial charge in [0.05, 0.1) is 10.7 Å². The van der Waals surface area contributed by atoms with Crippen LogP contribution in [-0.2, 0) is 9.59 Å². The molecular formula is C19H15ClN2O4. The third-order valence-electron chi connectivity index (χ3n) is 3.99. The largest absolute Gasteiger partial charge is 0.506 e. The average molecular weight is 371 g/mol. The number of barbiturate groups is 1. The first kappa shape index (κ1) is 17.7. The molecule has 0 bridgehead atoms. The van der Waals surface area contributed by atoms with Crippen molar-refractivity contribution in [2.45, 2.75) is 13.8 Å². The van der Waals surface area contributed by atoms with Gasteiger partial charge in [-0.15, -0.1) is 0 Å². The molecule has 0 aromatic heterocycles. The van der Waals surface area contributed by atoms with Gasteiger partial charge < -0.3 is 5.11 Å². The summed E-state index contributed by atoms with van der Waals surface area (Å²) in [4.78, 5) is 38.2. The first-order chi connectivity index (χ1) is 12.3. The van der Waals surface area contributed by atoms with E-state index in [1.807, 2.05) is 13.0 Å². The summed E-state index contributed by atoms with van der Waals surface area (Å²) in [7, 11) is 0. The predicted molar refractivity (Wildman–Crippen MR) is 98.0 cm³/mol. The van der Waals surface area contributed by atoms with E-state index in [2.05, 4.69) is 5.32 Å². The molecule has 3 rings (SSSR count). The van der Waals surface area contributed by atoms with Crippen LogP contribution in [-0.4, -0.2) is 23.0 Å². The van der Waals surface area contributed by atoms with E-state index in [0.717, 1.165) is 16.0 Å². The van der Waals surface area contributed by atoms with Gasteiger partial charge in [0, 0.05) is 0 Å². The number of nitrogens with zero attached hydrogens (tertiary/aromatic N) is 1. The Hall–Kier alpha value is -3.12. The van der Waals surface area contributed by atoms with Gasteiger partial charge in [-0.3, -0.25) is 14.9 Å². The third kappa shape index (κ3) is 3.19. The zero-order valence-corrected chi connectivity index (χ0v) is 14.8. The van der Waals surface area contributed by atoms with Crippen molar-refractivity contribution in [3.63, 3.8) is 0 Å².